The second kappa shape index (κ2) is 7.70. The summed E-state index contributed by atoms with van der Waals surface area (Å²) in [4.78, 5) is 28.3. The van der Waals surface area contributed by atoms with Crippen molar-refractivity contribution >= 4 is 28.3 Å². The standard InChI is InChI=1S/C26H21NO6/c1-14-9-10-15(2)17(12-14)27-22(18-8-5-11-32-18)21(24(29)26(27)30)23(28)20-13-16-6-4-7-19(31-3)25(16)33-20/h4-13,22,29H,1-3H3. The van der Waals surface area contributed by atoms with Crippen molar-refractivity contribution < 1.29 is 28.3 Å². The molecule has 0 fully saturated rings. The zero-order valence-electron chi connectivity index (χ0n) is 18.3. The molecule has 33 heavy (non-hydrogen) atoms. The lowest BCUT2D eigenvalue weighted by atomic mass is 9.98. The van der Waals surface area contributed by atoms with Crippen LogP contribution in [0.25, 0.3) is 11.0 Å². The van der Waals surface area contributed by atoms with E-state index in [-0.39, 0.29) is 11.3 Å². The predicted molar refractivity (Wildman–Crippen MR) is 122 cm³/mol. The molecule has 2 aromatic heterocycles. The minimum atomic E-state index is -0.949. The Morgan fingerprint density at radius 3 is 2.64 bits per heavy atom. The summed E-state index contributed by atoms with van der Waals surface area (Å²) in [5, 5.41) is 11.6. The number of aliphatic hydroxyl groups excluding tert-OH is 1. The molecule has 0 bridgehead atoms. The van der Waals surface area contributed by atoms with Crippen LogP contribution >= 0.6 is 0 Å². The van der Waals surface area contributed by atoms with E-state index < -0.39 is 23.5 Å². The Morgan fingerprint density at radius 1 is 1.09 bits per heavy atom. The molecule has 1 N–H and O–H groups in total. The van der Waals surface area contributed by atoms with Gasteiger partial charge in [0.15, 0.2) is 22.9 Å². The van der Waals surface area contributed by atoms with Gasteiger partial charge in [-0.3, -0.25) is 14.5 Å². The molecular weight excluding hydrogens is 422 g/mol. The molecule has 1 aliphatic heterocycles. The molecule has 4 aromatic rings. The molecule has 5 rings (SSSR count). The van der Waals surface area contributed by atoms with Crippen LogP contribution in [0, 0.1) is 13.8 Å². The zero-order chi connectivity index (χ0) is 23.3. The van der Waals surface area contributed by atoms with Gasteiger partial charge >= 0.3 is 0 Å². The van der Waals surface area contributed by atoms with Gasteiger partial charge in [-0.2, -0.15) is 0 Å². The van der Waals surface area contributed by atoms with Gasteiger partial charge in [-0.05, 0) is 55.3 Å². The molecule has 0 saturated heterocycles. The predicted octanol–water partition coefficient (Wildman–Crippen LogP) is 5.43. The van der Waals surface area contributed by atoms with E-state index in [1.165, 1.54) is 18.3 Å². The maximum atomic E-state index is 13.6. The third-order valence-corrected chi connectivity index (χ3v) is 5.84. The first-order chi connectivity index (χ1) is 15.9. The van der Waals surface area contributed by atoms with E-state index in [1.54, 1.807) is 36.4 Å². The van der Waals surface area contributed by atoms with Crippen LogP contribution in [-0.4, -0.2) is 23.9 Å². The van der Waals surface area contributed by atoms with Crippen LogP contribution in [0.3, 0.4) is 0 Å². The number of hydrogen-bond acceptors (Lipinski definition) is 6. The molecule has 1 aliphatic rings. The zero-order valence-corrected chi connectivity index (χ0v) is 18.3. The van der Waals surface area contributed by atoms with Crippen LogP contribution in [0.15, 0.2) is 81.0 Å². The third-order valence-electron chi connectivity index (χ3n) is 5.84. The number of hydrogen-bond donors (Lipinski definition) is 1. The van der Waals surface area contributed by atoms with Crippen molar-refractivity contribution in [1.82, 2.24) is 0 Å². The van der Waals surface area contributed by atoms with Crippen molar-refractivity contribution in [3.63, 3.8) is 0 Å². The van der Waals surface area contributed by atoms with Gasteiger partial charge in [-0.1, -0.05) is 24.3 Å². The maximum Gasteiger partial charge on any atom is 0.294 e. The molecule has 2 aromatic carbocycles. The van der Waals surface area contributed by atoms with Crippen LogP contribution in [-0.2, 0) is 4.79 Å². The number of carbonyl (C=O) groups excluding carboxylic acids is 2. The maximum absolute atomic E-state index is 13.6. The van der Waals surface area contributed by atoms with Gasteiger partial charge in [0, 0.05) is 11.1 Å². The fraction of sp³-hybridized carbons (Fsp3) is 0.154. The van der Waals surface area contributed by atoms with Crippen molar-refractivity contribution in [1.29, 1.82) is 0 Å². The average molecular weight is 443 g/mol. The Hall–Kier alpha value is -4.26. The molecule has 166 valence electrons. The number of furan rings is 2. The van der Waals surface area contributed by atoms with Crippen LogP contribution < -0.4 is 9.64 Å². The van der Waals surface area contributed by atoms with Crippen molar-refractivity contribution in [2.45, 2.75) is 19.9 Å². The fourth-order valence-corrected chi connectivity index (χ4v) is 4.22. The number of methoxy groups -OCH3 is 1. The molecule has 7 nitrogen and oxygen atoms in total. The van der Waals surface area contributed by atoms with E-state index in [1.807, 2.05) is 32.0 Å². The fourth-order valence-electron chi connectivity index (χ4n) is 4.22. The monoisotopic (exact) mass is 443 g/mol. The van der Waals surface area contributed by atoms with Gasteiger partial charge in [0.25, 0.3) is 5.91 Å². The summed E-state index contributed by atoms with van der Waals surface area (Å²) < 4.78 is 16.7. The van der Waals surface area contributed by atoms with Crippen LogP contribution in [0.5, 0.6) is 5.75 Å². The Morgan fingerprint density at radius 2 is 1.91 bits per heavy atom. The number of carbonyl (C=O) groups is 2. The number of anilines is 1. The Kier molecular flexibility index (Phi) is 4.82. The first kappa shape index (κ1) is 20.6. The van der Waals surface area contributed by atoms with E-state index in [0.717, 1.165) is 11.1 Å². The summed E-state index contributed by atoms with van der Waals surface area (Å²) in [7, 11) is 1.51. The Balaban J connectivity index is 1.66. The number of ketones is 1. The number of rotatable bonds is 5. The van der Waals surface area contributed by atoms with Crippen LogP contribution in [0.2, 0.25) is 0 Å². The lowest BCUT2D eigenvalue weighted by molar-refractivity contribution is -0.117. The first-order valence-corrected chi connectivity index (χ1v) is 10.4. The highest BCUT2D eigenvalue weighted by molar-refractivity contribution is 6.20. The summed E-state index contributed by atoms with van der Waals surface area (Å²) in [5.74, 6) is -1.09. The third kappa shape index (κ3) is 3.20. The number of amides is 1. The molecular formula is C26H21NO6. The molecule has 0 radical (unpaired) electrons. The lowest BCUT2D eigenvalue weighted by Gasteiger charge is -2.26. The van der Waals surface area contributed by atoms with Gasteiger partial charge in [0.2, 0.25) is 5.78 Å². The minimum absolute atomic E-state index is 0.0109. The van der Waals surface area contributed by atoms with Crippen molar-refractivity contribution in [3.8, 4) is 5.75 Å². The number of Topliss-reactive ketones (excluding diaryl/α,β-unsaturated/α-hetero) is 1. The number of nitrogens with zero attached hydrogens (tertiary/aromatic N) is 1. The largest absolute Gasteiger partial charge is 0.503 e. The summed E-state index contributed by atoms with van der Waals surface area (Å²) in [6, 6.07) is 14.9. The highest BCUT2D eigenvalue weighted by Crippen LogP contribution is 2.44. The number of fused-ring (bicyclic) bond motifs is 1. The topological polar surface area (TPSA) is 93.1 Å². The van der Waals surface area contributed by atoms with Gasteiger partial charge in [-0.25, -0.2) is 0 Å². The molecule has 1 amide bonds. The molecule has 1 unspecified atom stereocenters. The first-order valence-electron chi connectivity index (χ1n) is 10.4. The van der Waals surface area contributed by atoms with Gasteiger partial charge in [0.1, 0.15) is 11.8 Å². The van der Waals surface area contributed by atoms with Gasteiger partial charge < -0.3 is 18.7 Å². The van der Waals surface area contributed by atoms with E-state index >= 15 is 0 Å². The van der Waals surface area contributed by atoms with Crippen LogP contribution in [0.1, 0.15) is 33.5 Å². The summed E-state index contributed by atoms with van der Waals surface area (Å²) in [6.07, 6.45) is 1.46. The van der Waals surface area contributed by atoms with Gasteiger partial charge in [0.05, 0.1) is 18.9 Å². The van der Waals surface area contributed by atoms with Crippen LogP contribution in [0.4, 0.5) is 5.69 Å². The number of benzene rings is 2. The highest BCUT2D eigenvalue weighted by atomic mass is 16.5. The molecule has 0 spiro atoms. The highest BCUT2D eigenvalue weighted by Gasteiger charge is 2.47. The second-order valence-corrected chi connectivity index (χ2v) is 7.96. The summed E-state index contributed by atoms with van der Waals surface area (Å²) >= 11 is 0. The summed E-state index contributed by atoms with van der Waals surface area (Å²) in [6.45, 7) is 3.77. The number of para-hydroxylation sites is 1. The SMILES string of the molecule is COc1cccc2cc(C(=O)C3=C(O)C(=O)N(c4cc(C)ccc4C)C3c3ccco3)oc12. The van der Waals surface area contributed by atoms with E-state index in [4.69, 9.17) is 13.6 Å². The van der Waals surface area contributed by atoms with Crippen molar-refractivity contribution in [2.24, 2.45) is 0 Å². The van der Waals surface area contributed by atoms with Crippen molar-refractivity contribution in [2.75, 3.05) is 12.0 Å². The lowest BCUT2D eigenvalue weighted by Crippen LogP contribution is -2.31. The van der Waals surface area contributed by atoms with Gasteiger partial charge in [-0.15, -0.1) is 0 Å². The smallest absolute Gasteiger partial charge is 0.294 e. The van der Waals surface area contributed by atoms with E-state index in [9.17, 15) is 14.7 Å². The number of ether oxygens (including phenoxy) is 1. The minimum Gasteiger partial charge on any atom is -0.503 e. The Bertz CT molecular complexity index is 1430. The molecule has 7 heteroatoms. The summed E-state index contributed by atoms with van der Waals surface area (Å²) in [5.41, 5.74) is 2.65. The molecule has 0 aliphatic carbocycles. The molecule has 1 atom stereocenters. The number of aliphatic hydroxyl groups is 1. The molecule has 0 saturated carbocycles. The molecule has 3 heterocycles. The quantitative estimate of drug-likeness (QED) is 0.413. The average Bonchev–Trinajstić information content (AvgIpc) is 3.54. The Labute approximate surface area is 189 Å². The van der Waals surface area contributed by atoms with E-state index in [0.29, 0.717) is 28.2 Å². The number of aryl methyl sites for hydroxylation is 2. The second-order valence-electron chi connectivity index (χ2n) is 7.96. The normalized spacial score (nSPS) is 16.2. The van der Waals surface area contributed by atoms with E-state index in [2.05, 4.69) is 0 Å². The van der Waals surface area contributed by atoms with Crippen molar-refractivity contribution in [3.05, 3.63) is 94.8 Å².